The van der Waals surface area contributed by atoms with Crippen LogP contribution in [0.1, 0.15) is 34.5 Å². The first-order valence-electron chi connectivity index (χ1n) is 8.48. The van der Waals surface area contributed by atoms with Gasteiger partial charge in [0.05, 0.1) is 5.92 Å². The predicted octanol–water partition coefficient (Wildman–Crippen LogP) is 2.73. The van der Waals surface area contributed by atoms with Crippen molar-refractivity contribution in [3.8, 4) is 0 Å². The number of aromatic amines is 1. The summed E-state index contributed by atoms with van der Waals surface area (Å²) in [7, 11) is 3.54. The summed E-state index contributed by atoms with van der Waals surface area (Å²) < 4.78 is 0. The van der Waals surface area contributed by atoms with E-state index < -0.39 is 0 Å². The quantitative estimate of drug-likeness (QED) is 0.922. The van der Waals surface area contributed by atoms with Crippen LogP contribution in [0.25, 0.3) is 10.9 Å². The molecule has 128 valence electrons. The largest absolute Gasteiger partial charge is 0.351 e. The molecule has 1 aliphatic rings. The molecule has 0 radical (unpaired) electrons. The second kappa shape index (κ2) is 6.30. The van der Waals surface area contributed by atoms with Crippen LogP contribution in [0.2, 0.25) is 0 Å². The number of nitrogens with one attached hydrogen (secondary N) is 1. The maximum Gasteiger partial charge on any atom is 0.270 e. The molecule has 1 N–H and O–H groups in total. The number of hydrogen-bond acceptors (Lipinski definition) is 2. The van der Waals surface area contributed by atoms with Crippen molar-refractivity contribution in [1.29, 1.82) is 0 Å². The van der Waals surface area contributed by atoms with Crippen LogP contribution < -0.4 is 0 Å². The summed E-state index contributed by atoms with van der Waals surface area (Å²) in [4.78, 5) is 31.7. The lowest BCUT2D eigenvalue weighted by Crippen LogP contribution is -2.45. The predicted molar refractivity (Wildman–Crippen MR) is 95.1 cm³/mol. The fourth-order valence-electron chi connectivity index (χ4n) is 3.47. The zero-order chi connectivity index (χ0) is 17.4. The number of benzene rings is 1. The summed E-state index contributed by atoms with van der Waals surface area (Å²) >= 11 is 0. The number of fused-ring (bicyclic) bond motifs is 1. The molecule has 1 aliphatic heterocycles. The third-order valence-corrected chi connectivity index (χ3v) is 5.07. The SMILES string of the molecule is Cc1ccc2[nH]c(C(=O)N3CCC[C@@H](C(=O)N(C)C)C3)cc2c1C. The van der Waals surface area contributed by atoms with Gasteiger partial charge in [-0.2, -0.15) is 0 Å². The third kappa shape index (κ3) is 2.90. The van der Waals surface area contributed by atoms with E-state index in [9.17, 15) is 9.59 Å². The fraction of sp³-hybridized carbons (Fsp3) is 0.474. The van der Waals surface area contributed by atoms with Crippen molar-refractivity contribution < 1.29 is 9.59 Å². The van der Waals surface area contributed by atoms with E-state index >= 15 is 0 Å². The smallest absolute Gasteiger partial charge is 0.270 e. The van der Waals surface area contributed by atoms with E-state index in [4.69, 9.17) is 0 Å². The lowest BCUT2D eigenvalue weighted by atomic mass is 9.96. The van der Waals surface area contributed by atoms with Gasteiger partial charge in [0.1, 0.15) is 5.69 Å². The van der Waals surface area contributed by atoms with Crippen molar-refractivity contribution in [2.75, 3.05) is 27.2 Å². The maximum atomic E-state index is 12.9. The number of aryl methyl sites for hydroxylation is 2. The van der Waals surface area contributed by atoms with E-state index in [-0.39, 0.29) is 17.7 Å². The van der Waals surface area contributed by atoms with Crippen LogP contribution >= 0.6 is 0 Å². The number of nitrogens with zero attached hydrogens (tertiary/aromatic N) is 2. The molecule has 0 bridgehead atoms. The average Bonchev–Trinajstić information content (AvgIpc) is 3.02. The standard InChI is InChI=1S/C19H25N3O2/c1-12-7-8-16-15(13(12)2)10-17(20-16)19(24)22-9-5-6-14(11-22)18(23)21(3)4/h7-8,10,14,20H,5-6,9,11H2,1-4H3/t14-/m1/s1. The van der Waals surface area contributed by atoms with Gasteiger partial charge in [0.25, 0.3) is 5.91 Å². The monoisotopic (exact) mass is 327 g/mol. The van der Waals surface area contributed by atoms with E-state index in [0.717, 1.165) is 23.7 Å². The molecule has 3 rings (SSSR count). The third-order valence-electron chi connectivity index (χ3n) is 5.07. The van der Waals surface area contributed by atoms with E-state index in [1.54, 1.807) is 19.0 Å². The summed E-state index contributed by atoms with van der Waals surface area (Å²) in [5.74, 6) is 0.00110. The summed E-state index contributed by atoms with van der Waals surface area (Å²) in [5, 5.41) is 1.09. The molecule has 5 heteroatoms. The van der Waals surface area contributed by atoms with Crippen molar-refractivity contribution in [2.24, 2.45) is 5.92 Å². The average molecular weight is 327 g/mol. The molecule has 0 saturated carbocycles. The summed E-state index contributed by atoms with van der Waals surface area (Å²) in [6.07, 6.45) is 1.72. The van der Waals surface area contributed by atoms with Gasteiger partial charge in [0, 0.05) is 38.1 Å². The number of carbonyl (C=O) groups excluding carboxylic acids is 2. The van der Waals surface area contributed by atoms with Crippen LogP contribution in [0.4, 0.5) is 0 Å². The number of carbonyl (C=O) groups is 2. The minimum atomic E-state index is -0.0916. The molecule has 24 heavy (non-hydrogen) atoms. The second-order valence-corrected chi connectivity index (χ2v) is 6.97. The molecule has 2 heterocycles. The van der Waals surface area contributed by atoms with Gasteiger partial charge < -0.3 is 14.8 Å². The maximum absolute atomic E-state index is 12.9. The highest BCUT2D eigenvalue weighted by Crippen LogP contribution is 2.25. The molecule has 2 amide bonds. The van der Waals surface area contributed by atoms with E-state index in [0.29, 0.717) is 18.8 Å². The molecule has 2 aromatic rings. The molecule has 0 unspecified atom stereocenters. The van der Waals surface area contributed by atoms with E-state index in [1.165, 1.54) is 11.1 Å². The molecule has 1 saturated heterocycles. The van der Waals surface area contributed by atoms with Gasteiger partial charge >= 0.3 is 0 Å². The Labute approximate surface area is 142 Å². The van der Waals surface area contributed by atoms with Crippen LogP contribution in [0.3, 0.4) is 0 Å². The Morgan fingerprint density at radius 1 is 1.25 bits per heavy atom. The lowest BCUT2D eigenvalue weighted by Gasteiger charge is -2.33. The Balaban J connectivity index is 1.83. The zero-order valence-corrected chi connectivity index (χ0v) is 14.8. The van der Waals surface area contributed by atoms with Crippen molar-refractivity contribution in [3.05, 3.63) is 35.0 Å². The minimum absolute atomic E-state index is 0.0143. The molecule has 5 nitrogen and oxygen atoms in total. The molecule has 0 spiro atoms. The molecular formula is C19H25N3O2. The Bertz CT molecular complexity index is 791. The number of H-pyrrole nitrogens is 1. The van der Waals surface area contributed by atoms with Crippen LogP contribution in [0, 0.1) is 19.8 Å². The number of piperidine rings is 1. The summed E-state index contributed by atoms with van der Waals surface area (Å²) in [5.41, 5.74) is 4.01. The molecule has 1 aromatic heterocycles. The van der Waals surface area contributed by atoms with Gasteiger partial charge in [-0.15, -0.1) is 0 Å². The first kappa shape index (κ1) is 16.6. The van der Waals surface area contributed by atoms with E-state index in [2.05, 4.69) is 24.9 Å². The Morgan fingerprint density at radius 2 is 2.00 bits per heavy atom. The van der Waals surface area contributed by atoms with Crippen LogP contribution in [-0.2, 0) is 4.79 Å². The van der Waals surface area contributed by atoms with Crippen molar-refractivity contribution >= 4 is 22.7 Å². The molecule has 1 aromatic carbocycles. The highest BCUT2D eigenvalue weighted by molar-refractivity contribution is 5.99. The van der Waals surface area contributed by atoms with Crippen molar-refractivity contribution in [3.63, 3.8) is 0 Å². The fourth-order valence-corrected chi connectivity index (χ4v) is 3.47. The number of rotatable bonds is 2. The normalized spacial score (nSPS) is 18.0. The Morgan fingerprint density at radius 3 is 2.71 bits per heavy atom. The number of amides is 2. The summed E-state index contributed by atoms with van der Waals surface area (Å²) in [6, 6.07) is 6.02. The Hall–Kier alpha value is -2.30. The zero-order valence-electron chi connectivity index (χ0n) is 14.8. The van der Waals surface area contributed by atoms with Crippen molar-refractivity contribution in [1.82, 2.24) is 14.8 Å². The second-order valence-electron chi connectivity index (χ2n) is 6.97. The van der Waals surface area contributed by atoms with Gasteiger partial charge in [-0.3, -0.25) is 9.59 Å². The molecule has 0 aliphatic carbocycles. The highest BCUT2D eigenvalue weighted by atomic mass is 16.2. The first-order valence-corrected chi connectivity index (χ1v) is 8.48. The topological polar surface area (TPSA) is 56.4 Å². The molecule has 1 atom stereocenters. The van der Waals surface area contributed by atoms with Crippen LogP contribution in [0.15, 0.2) is 18.2 Å². The minimum Gasteiger partial charge on any atom is -0.351 e. The summed E-state index contributed by atoms with van der Waals surface area (Å²) in [6.45, 7) is 5.37. The van der Waals surface area contributed by atoms with E-state index in [1.807, 2.05) is 17.0 Å². The number of likely N-dealkylation sites (tertiary alicyclic amines) is 1. The first-order chi connectivity index (χ1) is 11.4. The highest BCUT2D eigenvalue weighted by Gasteiger charge is 2.30. The number of aromatic nitrogens is 1. The van der Waals surface area contributed by atoms with Crippen LogP contribution in [0.5, 0.6) is 0 Å². The lowest BCUT2D eigenvalue weighted by molar-refractivity contribution is -0.134. The van der Waals surface area contributed by atoms with Gasteiger partial charge in [-0.25, -0.2) is 0 Å². The molecular weight excluding hydrogens is 302 g/mol. The molecule has 1 fully saturated rings. The van der Waals surface area contributed by atoms with Gasteiger partial charge in [0.15, 0.2) is 0 Å². The van der Waals surface area contributed by atoms with Gasteiger partial charge in [-0.1, -0.05) is 6.07 Å². The van der Waals surface area contributed by atoms with Gasteiger partial charge in [-0.05, 0) is 49.9 Å². The Kier molecular flexibility index (Phi) is 4.35. The van der Waals surface area contributed by atoms with Crippen LogP contribution in [-0.4, -0.2) is 53.8 Å². The van der Waals surface area contributed by atoms with Gasteiger partial charge in [0.2, 0.25) is 5.91 Å². The number of hydrogen-bond donors (Lipinski definition) is 1. The van der Waals surface area contributed by atoms with Crippen molar-refractivity contribution in [2.45, 2.75) is 26.7 Å².